The maximum absolute atomic E-state index is 12.5. The van der Waals surface area contributed by atoms with Crippen molar-refractivity contribution in [2.24, 2.45) is 0 Å². The fraction of sp³-hybridized carbons (Fsp3) is 0.167. The highest BCUT2D eigenvalue weighted by Gasteiger charge is 2.20. The highest BCUT2D eigenvalue weighted by atomic mass is 35.5. The Morgan fingerprint density at radius 1 is 1.08 bits per heavy atom. The molecule has 1 N–H and O–H groups in total. The quantitative estimate of drug-likeness (QED) is 0.601. The first kappa shape index (κ1) is 18.6. The summed E-state index contributed by atoms with van der Waals surface area (Å²) >= 11 is 13.0. The van der Waals surface area contributed by atoms with Gasteiger partial charge in [0.15, 0.2) is 6.10 Å². The molecule has 3 rings (SSSR count). The van der Waals surface area contributed by atoms with Crippen LogP contribution in [0.3, 0.4) is 0 Å². The number of nitrogens with zero attached hydrogens (tertiary/aromatic N) is 2. The fourth-order valence-corrected chi connectivity index (χ4v) is 3.17. The van der Waals surface area contributed by atoms with Gasteiger partial charge in [-0.05, 0) is 42.8 Å². The lowest BCUT2D eigenvalue weighted by Gasteiger charge is -2.16. The van der Waals surface area contributed by atoms with E-state index in [0.717, 1.165) is 5.56 Å². The normalized spacial score (nSPS) is 11.8. The number of benzene rings is 2. The lowest BCUT2D eigenvalue weighted by molar-refractivity contribution is -0.122. The number of hydrogen-bond donors (Lipinski definition) is 1. The Hall–Kier alpha value is -2.15. The van der Waals surface area contributed by atoms with Crippen molar-refractivity contribution >= 4 is 45.6 Å². The molecule has 0 unspecified atom stereocenters. The minimum absolute atomic E-state index is 0.277. The summed E-state index contributed by atoms with van der Waals surface area (Å²) in [4.78, 5) is 12.5. The zero-order valence-electron chi connectivity index (χ0n) is 13.8. The van der Waals surface area contributed by atoms with Crippen LogP contribution in [0.1, 0.15) is 13.3 Å². The Kier molecular flexibility index (Phi) is 6.08. The van der Waals surface area contributed by atoms with Crippen LogP contribution in [0.2, 0.25) is 10.0 Å². The Bertz CT molecular complexity index is 882. The van der Waals surface area contributed by atoms with E-state index in [2.05, 4.69) is 15.5 Å². The van der Waals surface area contributed by atoms with Crippen molar-refractivity contribution in [1.82, 2.24) is 10.2 Å². The molecule has 8 heteroatoms. The molecule has 0 saturated carbocycles. The Labute approximate surface area is 164 Å². The number of halogens is 2. The number of anilines is 1. The van der Waals surface area contributed by atoms with Gasteiger partial charge in [-0.1, -0.05) is 53.6 Å². The molecule has 0 bridgehead atoms. The van der Waals surface area contributed by atoms with E-state index < -0.39 is 6.10 Å². The zero-order valence-corrected chi connectivity index (χ0v) is 16.1. The summed E-state index contributed by atoms with van der Waals surface area (Å²) in [6.07, 6.45) is -0.129. The summed E-state index contributed by atoms with van der Waals surface area (Å²) in [5.41, 5.74) is 0.886. The van der Waals surface area contributed by atoms with E-state index in [4.69, 9.17) is 27.9 Å². The molecule has 0 aliphatic rings. The monoisotopic (exact) mass is 407 g/mol. The van der Waals surface area contributed by atoms with Crippen molar-refractivity contribution in [1.29, 1.82) is 0 Å². The van der Waals surface area contributed by atoms with Gasteiger partial charge in [0.2, 0.25) is 5.13 Å². The first-order valence-electron chi connectivity index (χ1n) is 7.87. The van der Waals surface area contributed by atoms with Gasteiger partial charge in [0.1, 0.15) is 10.8 Å². The van der Waals surface area contributed by atoms with Crippen LogP contribution >= 0.6 is 34.5 Å². The van der Waals surface area contributed by atoms with Gasteiger partial charge in [0.25, 0.3) is 5.91 Å². The second-order valence-electron chi connectivity index (χ2n) is 5.38. The molecule has 0 aliphatic heterocycles. The van der Waals surface area contributed by atoms with E-state index in [0.29, 0.717) is 32.4 Å². The Morgan fingerprint density at radius 2 is 1.69 bits per heavy atom. The molecule has 0 fully saturated rings. The fourth-order valence-electron chi connectivity index (χ4n) is 2.17. The lowest BCUT2D eigenvalue weighted by Crippen LogP contribution is -2.32. The van der Waals surface area contributed by atoms with Gasteiger partial charge in [-0.2, -0.15) is 0 Å². The highest BCUT2D eigenvalue weighted by molar-refractivity contribution is 7.18. The second-order valence-corrected chi connectivity index (χ2v) is 7.23. The standard InChI is InChI=1S/C18H15Cl2N3O2S/c1-2-15(25-14-9-7-13(20)8-10-14)16(24)21-18-23-22-17(26-18)11-3-5-12(19)6-4-11/h3-10,15H,2H2,1H3,(H,21,23,24)/t15-/m1/s1. The topological polar surface area (TPSA) is 64.1 Å². The highest BCUT2D eigenvalue weighted by Crippen LogP contribution is 2.27. The van der Waals surface area contributed by atoms with Gasteiger partial charge >= 0.3 is 0 Å². The summed E-state index contributed by atoms with van der Waals surface area (Å²) in [5.74, 6) is 0.303. The minimum atomic E-state index is -0.640. The zero-order chi connectivity index (χ0) is 18.5. The summed E-state index contributed by atoms with van der Waals surface area (Å²) in [7, 11) is 0. The lowest BCUT2D eigenvalue weighted by atomic mass is 10.2. The molecule has 0 aliphatic carbocycles. The van der Waals surface area contributed by atoms with Gasteiger partial charge in [-0.25, -0.2) is 0 Å². The van der Waals surface area contributed by atoms with Crippen molar-refractivity contribution < 1.29 is 9.53 Å². The predicted molar refractivity (Wildman–Crippen MR) is 105 cm³/mol. The van der Waals surface area contributed by atoms with Gasteiger partial charge in [-0.15, -0.1) is 10.2 Å². The van der Waals surface area contributed by atoms with E-state index in [9.17, 15) is 4.79 Å². The first-order chi connectivity index (χ1) is 12.5. The summed E-state index contributed by atoms with van der Waals surface area (Å²) in [5, 5.41) is 13.3. The molecule has 0 radical (unpaired) electrons. The molecule has 1 amide bonds. The summed E-state index contributed by atoms with van der Waals surface area (Å²) in [6.45, 7) is 1.87. The van der Waals surface area contributed by atoms with Gasteiger partial charge in [0, 0.05) is 15.6 Å². The third-order valence-electron chi connectivity index (χ3n) is 3.50. The molecule has 2 aromatic carbocycles. The van der Waals surface area contributed by atoms with Crippen molar-refractivity contribution in [3.63, 3.8) is 0 Å². The molecule has 0 spiro atoms. The van der Waals surface area contributed by atoms with E-state index in [1.165, 1.54) is 11.3 Å². The average Bonchev–Trinajstić information content (AvgIpc) is 3.10. The molecule has 1 heterocycles. The second kappa shape index (κ2) is 8.49. The molecule has 26 heavy (non-hydrogen) atoms. The smallest absolute Gasteiger partial charge is 0.267 e. The molecule has 5 nitrogen and oxygen atoms in total. The van der Waals surface area contributed by atoms with E-state index in [1.54, 1.807) is 36.4 Å². The molecule has 1 atom stereocenters. The number of carbonyl (C=O) groups is 1. The number of nitrogens with one attached hydrogen (secondary N) is 1. The molecule has 3 aromatic rings. The number of amides is 1. The van der Waals surface area contributed by atoms with Crippen LogP contribution in [0.4, 0.5) is 5.13 Å². The number of aromatic nitrogens is 2. The SMILES string of the molecule is CC[C@@H](Oc1ccc(Cl)cc1)C(=O)Nc1nnc(-c2ccc(Cl)cc2)s1. The molecule has 134 valence electrons. The molecular formula is C18H15Cl2N3O2S. The maximum Gasteiger partial charge on any atom is 0.267 e. The first-order valence-corrected chi connectivity index (χ1v) is 9.45. The summed E-state index contributed by atoms with van der Waals surface area (Å²) in [6, 6.07) is 14.1. The molecular weight excluding hydrogens is 393 g/mol. The van der Waals surface area contributed by atoms with E-state index in [1.807, 2.05) is 19.1 Å². The van der Waals surface area contributed by atoms with Crippen LogP contribution in [0.5, 0.6) is 5.75 Å². The van der Waals surface area contributed by atoms with E-state index in [-0.39, 0.29) is 5.91 Å². The maximum atomic E-state index is 12.5. The average molecular weight is 408 g/mol. The number of carbonyl (C=O) groups excluding carboxylic acids is 1. The van der Waals surface area contributed by atoms with Crippen molar-refractivity contribution in [3.8, 4) is 16.3 Å². The van der Waals surface area contributed by atoms with Crippen LogP contribution in [0.15, 0.2) is 48.5 Å². The largest absolute Gasteiger partial charge is 0.481 e. The third-order valence-corrected chi connectivity index (χ3v) is 4.89. The Balaban J connectivity index is 1.66. The van der Waals surface area contributed by atoms with Crippen LogP contribution in [0.25, 0.3) is 10.6 Å². The van der Waals surface area contributed by atoms with E-state index >= 15 is 0 Å². The third kappa shape index (κ3) is 4.72. The predicted octanol–water partition coefficient (Wildman–Crippen LogP) is 5.31. The number of rotatable bonds is 6. The number of ether oxygens (including phenoxy) is 1. The van der Waals surface area contributed by atoms with Crippen LogP contribution in [-0.4, -0.2) is 22.2 Å². The van der Waals surface area contributed by atoms with Crippen LogP contribution in [-0.2, 0) is 4.79 Å². The molecule has 1 aromatic heterocycles. The van der Waals surface area contributed by atoms with Crippen molar-refractivity contribution in [2.45, 2.75) is 19.4 Å². The van der Waals surface area contributed by atoms with Crippen molar-refractivity contribution in [3.05, 3.63) is 58.6 Å². The van der Waals surface area contributed by atoms with Crippen LogP contribution < -0.4 is 10.1 Å². The molecule has 0 saturated heterocycles. The summed E-state index contributed by atoms with van der Waals surface area (Å²) < 4.78 is 5.73. The van der Waals surface area contributed by atoms with Gasteiger partial charge in [-0.3, -0.25) is 10.1 Å². The minimum Gasteiger partial charge on any atom is -0.481 e. The van der Waals surface area contributed by atoms with Crippen LogP contribution in [0, 0.1) is 0 Å². The van der Waals surface area contributed by atoms with Crippen molar-refractivity contribution in [2.75, 3.05) is 5.32 Å². The Morgan fingerprint density at radius 3 is 2.31 bits per heavy atom. The van der Waals surface area contributed by atoms with Gasteiger partial charge < -0.3 is 4.74 Å². The van der Waals surface area contributed by atoms with Gasteiger partial charge in [0.05, 0.1) is 0 Å². The number of hydrogen-bond acceptors (Lipinski definition) is 5.